The second-order valence-corrected chi connectivity index (χ2v) is 6.40. The molecule has 0 amide bonds. The maximum Gasteiger partial charge on any atom is 0.0390 e. The Morgan fingerprint density at radius 2 is 1.86 bits per heavy atom. The Hall–Kier alpha value is -1.64. The van der Waals surface area contributed by atoms with Crippen LogP contribution in [0, 0.1) is 6.92 Å². The van der Waals surface area contributed by atoms with E-state index in [1.165, 1.54) is 26.8 Å². The summed E-state index contributed by atoms with van der Waals surface area (Å²) in [7, 11) is 0. The molecule has 3 aromatic rings. The summed E-state index contributed by atoms with van der Waals surface area (Å²) in [4.78, 5) is 0. The lowest BCUT2D eigenvalue weighted by atomic mass is 9.97. The molecule has 0 aliphatic heterocycles. The third-order valence-electron chi connectivity index (χ3n) is 3.90. The predicted molar refractivity (Wildman–Crippen MR) is 93.1 cm³/mol. The Labute approximate surface area is 130 Å². The van der Waals surface area contributed by atoms with Crippen molar-refractivity contribution in [2.75, 3.05) is 6.54 Å². The highest BCUT2D eigenvalue weighted by molar-refractivity contribution is 7.17. The van der Waals surface area contributed by atoms with Crippen molar-refractivity contribution in [3.63, 3.8) is 0 Å². The molecule has 1 aromatic heterocycles. The van der Waals surface area contributed by atoms with E-state index in [2.05, 4.69) is 73.1 Å². The Bertz CT molecular complexity index is 712. The average molecular weight is 295 g/mol. The Morgan fingerprint density at radius 3 is 2.62 bits per heavy atom. The Morgan fingerprint density at radius 1 is 1.05 bits per heavy atom. The van der Waals surface area contributed by atoms with Crippen molar-refractivity contribution in [1.82, 2.24) is 5.32 Å². The number of thiophene rings is 1. The Balaban J connectivity index is 1.93. The van der Waals surface area contributed by atoms with Gasteiger partial charge >= 0.3 is 0 Å². The molecule has 108 valence electrons. The number of likely N-dealkylation sites (N-methyl/N-ethyl adjacent to an activating group) is 1. The Kier molecular flexibility index (Phi) is 4.37. The molecule has 0 bridgehead atoms. The summed E-state index contributed by atoms with van der Waals surface area (Å²) in [6, 6.07) is 18.1. The topological polar surface area (TPSA) is 12.0 Å². The van der Waals surface area contributed by atoms with E-state index >= 15 is 0 Å². The van der Waals surface area contributed by atoms with Crippen LogP contribution in [0.2, 0.25) is 0 Å². The van der Waals surface area contributed by atoms with E-state index in [1.807, 2.05) is 11.3 Å². The summed E-state index contributed by atoms with van der Waals surface area (Å²) in [5.74, 6) is 0. The molecule has 1 N–H and O–H groups in total. The molecule has 2 heteroatoms. The van der Waals surface area contributed by atoms with Crippen LogP contribution in [0.1, 0.15) is 29.7 Å². The molecule has 1 atom stereocenters. The first-order valence-corrected chi connectivity index (χ1v) is 8.41. The maximum atomic E-state index is 3.65. The summed E-state index contributed by atoms with van der Waals surface area (Å²) in [5, 5.41) is 7.19. The fourth-order valence-electron chi connectivity index (χ4n) is 2.79. The van der Waals surface area contributed by atoms with Crippen molar-refractivity contribution in [1.29, 1.82) is 0 Å². The van der Waals surface area contributed by atoms with Gasteiger partial charge in [-0.3, -0.25) is 0 Å². The number of fused-ring (bicyclic) bond motifs is 1. The first-order chi connectivity index (χ1) is 10.3. The van der Waals surface area contributed by atoms with Gasteiger partial charge in [0.25, 0.3) is 0 Å². The van der Waals surface area contributed by atoms with E-state index in [1.54, 1.807) is 0 Å². The third kappa shape index (κ3) is 3.17. The summed E-state index contributed by atoms with van der Waals surface area (Å²) in [6.07, 6.45) is 1.03. The van der Waals surface area contributed by atoms with Crippen molar-refractivity contribution >= 4 is 21.4 Å². The smallest absolute Gasteiger partial charge is 0.0390 e. The van der Waals surface area contributed by atoms with Crippen LogP contribution in [0.15, 0.2) is 53.9 Å². The number of rotatable bonds is 5. The molecule has 0 saturated heterocycles. The molecule has 0 aliphatic carbocycles. The van der Waals surface area contributed by atoms with Gasteiger partial charge in [-0.15, -0.1) is 11.3 Å². The van der Waals surface area contributed by atoms with Crippen LogP contribution in [0.3, 0.4) is 0 Å². The largest absolute Gasteiger partial charge is 0.310 e. The lowest BCUT2D eigenvalue weighted by Crippen LogP contribution is -2.23. The van der Waals surface area contributed by atoms with Gasteiger partial charge in [-0.1, -0.05) is 55.0 Å². The number of nitrogens with one attached hydrogen (secondary N) is 1. The molecule has 0 aliphatic rings. The van der Waals surface area contributed by atoms with Gasteiger partial charge in [0.15, 0.2) is 0 Å². The van der Waals surface area contributed by atoms with E-state index in [0.717, 1.165) is 13.0 Å². The van der Waals surface area contributed by atoms with Crippen molar-refractivity contribution < 1.29 is 0 Å². The van der Waals surface area contributed by atoms with Crippen molar-refractivity contribution in [3.05, 3.63) is 70.6 Å². The van der Waals surface area contributed by atoms with Gasteiger partial charge in [0.05, 0.1) is 0 Å². The standard InChI is InChI=1S/C19H21NS/c1-3-20-18(13-15-9-7-14(2)8-10-15)17-6-4-5-16-11-12-21-19(16)17/h4-12,18,20H,3,13H2,1-2H3. The van der Waals surface area contributed by atoms with E-state index in [-0.39, 0.29) is 0 Å². The zero-order valence-corrected chi connectivity index (χ0v) is 13.4. The number of hydrogen-bond acceptors (Lipinski definition) is 2. The number of aryl methyl sites for hydroxylation is 1. The van der Waals surface area contributed by atoms with Gasteiger partial charge in [0, 0.05) is 10.7 Å². The van der Waals surface area contributed by atoms with Gasteiger partial charge in [0.1, 0.15) is 0 Å². The normalized spacial score (nSPS) is 12.7. The SMILES string of the molecule is CCNC(Cc1ccc(C)cc1)c1cccc2ccsc12. The minimum atomic E-state index is 0.375. The monoisotopic (exact) mass is 295 g/mol. The van der Waals surface area contributed by atoms with Crippen molar-refractivity contribution in [2.24, 2.45) is 0 Å². The predicted octanol–water partition coefficient (Wildman–Crippen LogP) is 5.10. The van der Waals surface area contributed by atoms with E-state index in [4.69, 9.17) is 0 Å². The zero-order valence-electron chi connectivity index (χ0n) is 12.6. The van der Waals surface area contributed by atoms with Crippen molar-refractivity contribution in [3.8, 4) is 0 Å². The summed E-state index contributed by atoms with van der Waals surface area (Å²) < 4.78 is 1.41. The van der Waals surface area contributed by atoms with Crippen LogP contribution in [-0.4, -0.2) is 6.54 Å². The lowest BCUT2D eigenvalue weighted by molar-refractivity contribution is 0.554. The van der Waals surface area contributed by atoms with Crippen molar-refractivity contribution in [2.45, 2.75) is 26.3 Å². The number of hydrogen-bond donors (Lipinski definition) is 1. The molecule has 1 unspecified atom stereocenters. The van der Waals surface area contributed by atoms with E-state index in [0.29, 0.717) is 6.04 Å². The van der Waals surface area contributed by atoms with Crippen LogP contribution in [0.25, 0.3) is 10.1 Å². The summed E-state index contributed by atoms with van der Waals surface area (Å²) >= 11 is 1.84. The highest BCUT2D eigenvalue weighted by atomic mass is 32.1. The molecule has 1 heterocycles. The van der Waals surface area contributed by atoms with Gasteiger partial charge < -0.3 is 5.32 Å². The van der Waals surface area contributed by atoms with Gasteiger partial charge in [-0.2, -0.15) is 0 Å². The summed E-state index contributed by atoms with van der Waals surface area (Å²) in [5.41, 5.74) is 4.13. The van der Waals surface area contributed by atoms with Gasteiger partial charge in [-0.25, -0.2) is 0 Å². The highest BCUT2D eigenvalue weighted by Gasteiger charge is 2.14. The fourth-order valence-corrected chi connectivity index (χ4v) is 3.76. The maximum absolute atomic E-state index is 3.65. The van der Waals surface area contributed by atoms with Crippen LogP contribution in [0.4, 0.5) is 0 Å². The third-order valence-corrected chi connectivity index (χ3v) is 4.88. The molecule has 0 fully saturated rings. The van der Waals surface area contributed by atoms with E-state index in [9.17, 15) is 0 Å². The second-order valence-electron chi connectivity index (χ2n) is 5.49. The zero-order chi connectivity index (χ0) is 14.7. The van der Waals surface area contributed by atoms with Crippen LogP contribution in [-0.2, 0) is 6.42 Å². The highest BCUT2D eigenvalue weighted by Crippen LogP contribution is 2.30. The minimum Gasteiger partial charge on any atom is -0.310 e. The van der Waals surface area contributed by atoms with E-state index < -0.39 is 0 Å². The number of benzene rings is 2. The lowest BCUT2D eigenvalue weighted by Gasteiger charge is -2.19. The van der Waals surface area contributed by atoms with Crippen LogP contribution < -0.4 is 5.32 Å². The van der Waals surface area contributed by atoms with Gasteiger partial charge in [0.2, 0.25) is 0 Å². The first kappa shape index (κ1) is 14.3. The molecule has 0 spiro atoms. The molecule has 3 rings (SSSR count). The molecule has 2 aromatic carbocycles. The molecule has 0 radical (unpaired) electrons. The fraction of sp³-hybridized carbons (Fsp3) is 0.263. The molecule has 21 heavy (non-hydrogen) atoms. The molecule has 1 nitrogen and oxygen atoms in total. The quantitative estimate of drug-likeness (QED) is 0.690. The second kappa shape index (κ2) is 6.42. The molecular weight excluding hydrogens is 274 g/mol. The van der Waals surface area contributed by atoms with Crippen LogP contribution in [0.5, 0.6) is 0 Å². The molecular formula is C19H21NS. The minimum absolute atomic E-state index is 0.375. The van der Waals surface area contributed by atoms with Crippen LogP contribution >= 0.6 is 11.3 Å². The van der Waals surface area contributed by atoms with Gasteiger partial charge in [-0.05, 0) is 47.8 Å². The molecule has 0 saturated carbocycles. The summed E-state index contributed by atoms with van der Waals surface area (Å²) in [6.45, 7) is 5.30. The first-order valence-electron chi connectivity index (χ1n) is 7.53. The average Bonchev–Trinajstić information content (AvgIpc) is 2.97.